The monoisotopic (exact) mass is 435 g/mol. The summed E-state index contributed by atoms with van der Waals surface area (Å²) in [6.07, 6.45) is 5.18. The number of fused-ring (bicyclic) bond motifs is 4. The zero-order valence-electron chi connectivity index (χ0n) is 18.3. The highest BCUT2D eigenvalue weighted by Gasteiger charge is 2.49. The van der Waals surface area contributed by atoms with E-state index >= 15 is 0 Å². The molecule has 0 aromatic carbocycles. The highest BCUT2D eigenvalue weighted by Crippen LogP contribution is 2.41. The Labute approximate surface area is 182 Å². The van der Waals surface area contributed by atoms with Crippen molar-refractivity contribution in [3.8, 4) is 0 Å². The lowest BCUT2D eigenvalue weighted by molar-refractivity contribution is -0.153. The van der Waals surface area contributed by atoms with Gasteiger partial charge in [0.25, 0.3) is 6.47 Å². The van der Waals surface area contributed by atoms with Crippen molar-refractivity contribution in [1.82, 2.24) is 25.3 Å². The van der Waals surface area contributed by atoms with Gasteiger partial charge in [-0.2, -0.15) is 4.98 Å². The normalized spacial score (nSPS) is 27.7. The van der Waals surface area contributed by atoms with E-state index in [4.69, 9.17) is 14.4 Å². The molecule has 0 spiro atoms. The quantitative estimate of drug-likeness (QED) is 0.638. The molecule has 10 heteroatoms. The van der Waals surface area contributed by atoms with Gasteiger partial charge in [-0.05, 0) is 44.4 Å². The molecule has 2 N–H and O–H groups in total. The maximum Gasteiger partial charge on any atom is 0.290 e. The lowest BCUT2D eigenvalue weighted by Crippen LogP contribution is -2.67. The average Bonchev–Trinajstić information content (AvgIpc) is 3.13. The van der Waals surface area contributed by atoms with Crippen LogP contribution in [-0.2, 0) is 20.9 Å². The SMILES string of the molecule is CCCC(=O)NC[C@H]1[C@H]2C[C@H](CN(Cc3nc(C)no3)C2)[C@@H]2CCCC(=O)N21.O=CO. The van der Waals surface area contributed by atoms with E-state index in [2.05, 4.69) is 25.3 Å². The molecule has 172 valence electrons. The van der Waals surface area contributed by atoms with Gasteiger partial charge in [-0.1, -0.05) is 12.1 Å². The molecule has 0 radical (unpaired) electrons. The van der Waals surface area contributed by atoms with Crippen LogP contribution in [0.2, 0.25) is 0 Å². The number of piperidine rings is 3. The van der Waals surface area contributed by atoms with Crippen molar-refractivity contribution in [1.29, 1.82) is 0 Å². The largest absolute Gasteiger partial charge is 0.483 e. The molecule has 3 fully saturated rings. The third kappa shape index (κ3) is 5.61. The minimum absolute atomic E-state index is 0.0830. The summed E-state index contributed by atoms with van der Waals surface area (Å²) in [4.78, 5) is 42.1. The second kappa shape index (κ2) is 10.7. The Kier molecular flexibility index (Phi) is 8.00. The number of aryl methyl sites for hydroxylation is 1. The minimum Gasteiger partial charge on any atom is -0.483 e. The number of likely N-dealkylation sites (tertiary alicyclic amines) is 1. The predicted octanol–water partition coefficient (Wildman–Crippen LogP) is 1.20. The number of amides is 2. The Hall–Kier alpha value is -2.49. The molecule has 2 amide bonds. The van der Waals surface area contributed by atoms with Gasteiger partial charge in [-0.25, -0.2) is 0 Å². The molecule has 0 aliphatic carbocycles. The average molecular weight is 436 g/mol. The molecule has 3 aliphatic rings. The standard InChI is InChI=1S/C20H31N5O3.CH2O2/c1-3-5-18(26)21-9-17-15-8-14(16-6-4-7-20(27)25(16)17)10-24(11-15)12-19-22-13(2)23-28-19;2-1-3/h14-17H,3-12H2,1-2H3,(H,21,26);1H,(H,2,3)/t14-,15+,16+,17+;/m1./s1. The molecule has 1 aromatic heterocycles. The number of nitrogens with zero attached hydrogens (tertiary/aromatic N) is 4. The van der Waals surface area contributed by atoms with Crippen LogP contribution in [0.5, 0.6) is 0 Å². The van der Waals surface area contributed by atoms with Crippen molar-refractivity contribution in [2.24, 2.45) is 11.8 Å². The van der Waals surface area contributed by atoms with Crippen LogP contribution < -0.4 is 5.32 Å². The predicted molar refractivity (Wildman–Crippen MR) is 111 cm³/mol. The van der Waals surface area contributed by atoms with Crippen LogP contribution in [0.4, 0.5) is 0 Å². The molecule has 31 heavy (non-hydrogen) atoms. The molecule has 4 heterocycles. The molecule has 4 rings (SSSR count). The first kappa shape index (κ1) is 23.2. The number of hydrogen-bond acceptors (Lipinski definition) is 7. The van der Waals surface area contributed by atoms with Crippen LogP contribution in [0.1, 0.15) is 57.2 Å². The van der Waals surface area contributed by atoms with Gasteiger partial charge in [0.2, 0.25) is 17.7 Å². The molecule has 1 aromatic rings. The van der Waals surface area contributed by atoms with Crippen LogP contribution in [0.25, 0.3) is 0 Å². The second-order valence-corrected chi connectivity index (χ2v) is 8.67. The summed E-state index contributed by atoms with van der Waals surface area (Å²) < 4.78 is 5.32. The molecule has 10 nitrogen and oxygen atoms in total. The van der Waals surface area contributed by atoms with Crippen molar-refractivity contribution >= 4 is 18.3 Å². The lowest BCUT2D eigenvalue weighted by atomic mass is 9.72. The van der Waals surface area contributed by atoms with Crippen molar-refractivity contribution in [2.45, 2.75) is 71.0 Å². The summed E-state index contributed by atoms with van der Waals surface area (Å²) in [5.74, 6) is 2.51. The number of carbonyl (C=O) groups excluding carboxylic acids is 2. The van der Waals surface area contributed by atoms with Gasteiger partial charge in [-0.3, -0.25) is 19.3 Å². The molecule has 0 saturated carbocycles. The highest BCUT2D eigenvalue weighted by atomic mass is 16.5. The third-order valence-electron chi connectivity index (χ3n) is 6.49. The van der Waals surface area contributed by atoms with Crippen molar-refractivity contribution in [3.63, 3.8) is 0 Å². The molecule has 2 bridgehead atoms. The number of rotatable bonds is 6. The van der Waals surface area contributed by atoms with E-state index in [1.165, 1.54) is 0 Å². The van der Waals surface area contributed by atoms with Gasteiger partial charge >= 0.3 is 0 Å². The van der Waals surface area contributed by atoms with Crippen LogP contribution in [0, 0.1) is 18.8 Å². The molecule has 4 atom stereocenters. The Bertz CT molecular complexity index is 769. The number of aromatic nitrogens is 2. The molecule has 3 aliphatic heterocycles. The molecule has 0 unspecified atom stereocenters. The summed E-state index contributed by atoms with van der Waals surface area (Å²) in [5.41, 5.74) is 0. The van der Waals surface area contributed by atoms with Gasteiger partial charge in [0, 0.05) is 38.5 Å². The molecular formula is C21H33N5O5. The summed E-state index contributed by atoms with van der Waals surface area (Å²) >= 11 is 0. The Morgan fingerprint density at radius 2 is 2.10 bits per heavy atom. The Balaban J connectivity index is 0.000000858. The van der Waals surface area contributed by atoms with Gasteiger partial charge in [0.05, 0.1) is 12.6 Å². The van der Waals surface area contributed by atoms with E-state index in [9.17, 15) is 9.59 Å². The summed E-state index contributed by atoms with van der Waals surface area (Å²) in [6.45, 7) is 6.66. The zero-order chi connectivity index (χ0) is 22.4. The number of hydrogen-bond donors (Lipinski definition) is 2. The van der Waals surface area contributed by atoms with Crippen molar-refractivity contribution < 1.29 is 24.0 Å². The van der Waals surface area contributed by atoms with Gasteiger partial charge in [-0.15, -0.1) is 0 Å². The first-order valence-corrected chi connectivity index (χ1v) is 11.1. The Morgan fingerprint density at radius 3 is 2.77 bits per heavy atom. The molecule has 3 saturated heterocycles. The first-order chi connectivity index (χ1) is 15.0. The topological polar surface area (TPSA) is 129 Å². The van der Waals surface area contributed by atoms with Crippen molar-refractivity contribution in [3.05, 3.63) is 11.7 Å². The van der Waals surface area contributed by atoms with Gasteiger partial charge in [0.15, 0.2) is 5.82 Å². The smallest absolute Gasteiger partial charge is 0.290 e. The van der Waals surface area contributed by atoms with Gasteiger partial charge in [0.1, 0.15) is 0 Å². The summed E-state index contributed by atoms with van der Waals surface area (Å²) in [6, 6.07) is 0.375. The Morgan fingerprint density at radius 1 is 1.35 bits per heavy atom. The second-order valence-electron chi connectivity index (χ2n) is 8.67. The summed E-state index contributed by atoms with van der Waals surface area (Å²) in [5, 5.41) is 13.9. The zero-order valence-corrected chi connectivity index (χ0v) is 18.3. The molecular weight excluding hydrogens is 402 g/mol. The fourth-order valence-electron chi connectivity index (χ4n) is 5.39. The van der Waals surface area contributed by atoms with E-state index < -0.39 is 0 Å². The van der Waals surface area contributed by atoms with E-state index in [0.29, 0.717) is 49.5 Å². The van der Waals surface area contributed by atoms with E-state index in [-0.39, 0.29) is 30.4 Å². The highest BCUT2D eigenvalue weighted by molar-refractivity contribution is 5.78. The fourth-order valence-corrected chi connectivity index (χ4v) is 5.39. The van der Waals surface area contributed by atoms with E-state index in [1.807, 2.05) is 13.8 Å². The number of carboxylic acid groups (broad SMARTS) is 1. The minimum atomic E-state index is -0.250. The van der Waals surface area contributed by atoms with Crippen molar-refractivity contribution in [2.75, 3.05) is 19.6 Å². The fraction of sp³-hybridized carbons (Fsp3) is 0.762. The summed E-state index contributed by atoms with van der Waals surface area (Å²) in [7, 11) is 0. The number of nitrogens with one attached hydrogen (secondary N) is 1. The third-order valence-corrected chi connectivity index (χ3v) is 6.49. The first-order valence-electron chi connectivity index (χ1n) is 11.1. The van der Waals surface area contributed by atoms with Crippen LogP contribution in [0.3, 0.4) is 0 Å². The van der Waals surface area contributed by atoms with Gasteiger partial charge < -0.3 is 19.8 Å². The van der Waals surface area contributed by atoms with E-state index in [0.717, 1.165) is 38.8 Å². The lowest BCUT2D eigenvalue weighted by Gasteiger charge is -2.56. The van der Waals surface area contributed by atoms with Crippen LogP contribution in [0.15, 0.2) is 4.52 Å². The van der Waals surface area contributed by atoms with E-state index in [1.54, 1.807) is 0 Å². The van der Waals surface area contributed by atoms with Crippen LogP contribution in [-0.4, -0.2) is 75.1 Å². The van der Waals surface area contributed by atoms with Crippen LogP contribution >= 0.6 is 0 Å². The maximum absolute atomic E-state index is 12.8. The number of carbonyl (C=O) groups is 3. The maximum atomic E-state index is 12.8.